The van der Waals surface area contributed by atoms with E-state index in [1.165, 1.54) is 11.8 Å². The van der Waals surface area contributed by atoms with Crippen molar-refractivity contribution in [3.05, 3.63) is 54.6 Å². The summed E-state index contributed by atoms with van der Waals surface area (Å²) in [6.45, 7) is 3.51. The average molecular weight is 530 g/mol. The molecule has 1 aromatic heterocycles. The Balaban J connectivity index is 1.59. The van der Waals surface area contributed by atoms with Crippen LogP contribution in [0.1, 0.15) is 31.9 Å². The molecular weight excluding hydrogens is 494 g/mol. The van der Waals surface area contributed by atoms with Crippen molar-refractivity contribution in [3.63, 3.8) is 0 Å². The lowest BCUT2D eigenvalue weighted by Crippen LogP contribution is -2.51. The van der Waals surface area contributed by atoms with Crippen molar-refractivity contribution < 1.29 is 13.2 Å². The lowest BCUT2D eigenvalue weighted by Gasteiger charge is -2.34. The number of imidazole rings is 1. The SMILES string of the molecule is CCC1CCN(C(=O)[C@H](CSCc2cnc[nH]2)NS(=O)(=O)c2cccc3c(N(C)C)cccc23)CC1. The first kappa shape index (κ1) is 26.5. The smallest absolute Gasteiger partial charge is 0.241 e. The summed E-state index contributed by atoms with van der Waals surface area (Å²) in [5.74, 6) is 1.42. The van der Waals surface area contributed by atoms with E-state index in [-0.39, 0.29) is 10.8 Å². The highest BCUT2D eigenvalue weighted by molar-refractivity contribution is 7.98. The number of thioether (sulfide) groups is 1. The van der Waals surface area contributed by atoms with Gasteiger partial charge in [0.2, 0.25) is 15.9 Å². The van der Waals surface area contributed by atoms with Crippen LogP contribution < -0.4 is 9.62 Å². The van der Waals surface area contributed by atoms with Gasteiger partial charge in [-0.2, -0.15) is 16.5 Å². The first-order valence-electron chi connectivity index (χ1n) is 12.3. The molecule has 0 spiro atoms. The molecule has 194 valence electrons. The van der Waals surface area contributed by atoms with Crippen molar-refractivity contribution in [2.24, 2.45) is 5.92 Å². The number of carbonyl (C=O) groups excluding carboxylic acids is 1. The maximum absolute atomic E-state index is 13.7. The maximum Gasteiger partial charge on any atom is 0.241 e. The standard InChI is InChI=1S/C26H35N5O3S2/c1-4-19-11-13-31(14-12-19)26(32)23(17-35-16-20-15-27-18-28-20)29-36(33,34)25-10-6-7-21-22(25)8-5-9-24(21)30(2)3/h5-10,15,18-19,23,29H,4,11-14,16-17H2,1-3H3,(H,27,28)/t23-/m0/s1. The van der Waals surface area contributed by atoms with E-state index in [2.05, 4.69) is 21.6 Å². The van der Waals surface area contributed by atoms with Crippen LogP contribution in [0.15, 0.2) is 53.8 Å². The second-order valence-electron chi connectivity index (χ2n) is 9.47. The Morgan fingerprint density at radius 3 is 2.58 bits per heavy atom. The first-order chi connectivity index (χ1) is 17.3. The van der Waals surface area contributed by atoms with Crippen LogP contribution in [-0.4, -0.2) is 68.2 Å². The predicted octanol–water partition coefficient (Wildman–Crippen LogP) is 3.86. The zero-order valence-corrected chi connectivity index (χ0v) is 22.7. The molecular formula is C26H35N5O3S2. The number of sulfonamides is 1. The van der Waals surface area contributed by atoms with Gasteiger partial charge in [0.1, 0.15) is 6.04 Å². The molecule has 0 aliphatic carbocycles. The summed E-state index contributed by atoms with van der Waals surface area (Å²) in [6, 6.07) is 10.1. The number of anilines is 1. The van der Waals surface area contributed by atoms with Gasteiger partial charge in [0.05, 0.1) is 11.2 Å². The highest BCUT2D eigenvalue weighted by Gasteiger charge is 2.32. The van der Waals surface area contributed by atoms with Crippen molar-refractivity contribution in [1.29, 1.82) is 0 Å². The third-order valence-corrected chi connectivity index (χ3v) is 9.44. The van der Waals surface area contributed by atoms with E-state index in [9.17, 15) is 13.2 Å². The quantitative estimate of drug-likeness (QED) is 0.414. The highest BCUT2D eigenvalue weighted by Crippen LogP contribution is 2.30. The van der Waals surface area contributed by atoms with E-state index in [1.54, 1.807) is 24.7 Å². The number of fused-ring (bicyclic) bond motifs is 1. The molecule has 0 radical (unpaired) electrons. The summed E-state index contributed by atoms with van der Waals surface area (Å²) < 4.78 is 30.2. The zero-order chi connectivity index (χ0) is 25.7. The monoisotopic (exact) mass is 529 g/mol. The lowest BCUT2D eigenvalue weighted by atomic mass is 9.94. The molecule has 0 unspecified atom stereocenters. The fourth-order valence-corrected chi connectivity index (χ4v) is 7.20. The molecule has 1 aliphatic heterocycles. The van der Waals surface area contributed by atoms with Gasteiger partial charge in [-0.25, -0.2) is 13.4 Å². The minimum atomic E-state index is -3.96. The molecule has 1 atom stereocenters. The summed E-state index contributed by atoms with van der Waals surface area (Å²) in [4.78, 5) is 24.6. The van der Waals surface area contributed by atoms with Gasteiger partial charge in [0.25, 0.3) is 0 Å². The Labute approximate surface area is 217 Å². The van der Waals surface area contributed by atoms with Gasteiger partial charge >= 0.3 is 0 Å². The van der Waals surface area contributed by atoms with Crippen LogP contribution in [0.3, 0.4) is 0 Å². The molecule has 0 bridgehead atoms. The Morgan fingerprint density at radius 2 is 1.92 bits per heavy atom. The van der Waals surface area contributed by atoms with Crippen LogP contribution in [0, 0.1) is 5.92 Å². The van der Waals surface area contributed by atoms with Crippen LogP contribution in [0.5, 0.6) is 0 Å². The molecule has 1 fully saturated rings. The van der Waals surface area contributed by atoms with Crippen molar-refractivity contribution >= 4 is 44.2 Å². The molecule has 2 N–H and O–H groups in total. The number of nitrogens with zero attached hydrogens (tertiary/aromatic N) is 3. The number of benzene rings is 2. The fraction of sp³-hybridized carbons (Fsp3) is 0.462. The number of likely N-dealkylation sites (tertiary alicyclic amines) is 1. The normalized spacial score (nSPS) is 15.8. The lowest BCUT2D eigenvalue weighted by molar-refractivity contribution is -0.133. The zero-order valence-electron chi connectivity index (χ0n) is 21.1. The van der Waals surface area contributed by atoms with Crippen molar-refractivity contribution in [3.8, 4) is 0 Å². The molecule has 10 heteroatoms. The number of hydrogen-bond donors (Lipinski definition) is 2. The van der Waals surface area contributed by atoms with Gasteiger partial charge < -0.3 is 14.8 Å². The van der Waals surface area contributed by atoms with Crippen LogP contribution >= 0.6 is 11.8 Å². The molecule has 1 aliphatic rings. The van der Waals surface area contributed by atoms with Crippen LogP contribution in [0.2, 0.25) is 0 Å². The second-order valence-corrected chi connectivity index (χ2v) is 12.2. The number of carbonyl (C=O) groups is 1. The number of aromatic nitrogens is 2. The topological polar surface area (TPSA) is 98.4 Å². The van der Waals surface area contributed by atoms with Crippen LogP contribution in [0.25, 0.3) is 10.8 Å². The van der Waals surface area contributed by atoms with E-state index < -0.39 is 16.1 Å². The second kappa shape index (κ2) is 11.7. The molecule has 2 heterocycles. The predicted molar refractivity (Wildman–Crippen MR) is 147 cm³/mol. The molecule has 36 heavy (non-hydrogen) atoms. The number of piperidine rings is 1. The summed E-state index contributed by atoms with van der Waals surface area (Å²) in [5.41, 5.74) is 1.87. The molecule has 4 rings (SSSR count). The number of H-pyrrole nitrogens is 1. The highest BCUT2D eigenvalue weighted by atomic mass is 32.2. The van der Waals surface area contributed by atoms with Crippen molar-refractivity contribution in [1.82, 2.24) is 19.6 Å². The largest absolute Gasteiger partial charge is 0.377 e. The molecule has 1 amide bonds. The van der Waals surface area contributed by atoms with E-state index in [0.717, 1.165) is 36.0 Å². The summed E-state index contributed by atoms with van der Waals surface area (Å²) in [7, 11) is -0.0973. The van der Waals surface area contributed by atoms with Gasteiger partial charge in [-0.1, -0.05) is 37.6 Å². The van der Waals surface area contributed by atoms with Gasteiger partial charge in [-0.15, -0.1) is 0 Å². The van der Waals surface area contributed by atoms with E-state index in [0.29, 0.717) is 35.9 Å². The van der Waals surface area contributed by atoms with Crippen molar-refractivity contribution in [2.45, 2.75) is 42.9 Å². The Hall–Kier alpha value is -2.56. The molecule has 2 aromatic carbocycles. The number of hydrogen-bond acceptors (Lipinski definition) is 6. The number of nitrogens with one attached hydrogen (secondary N) is 2. The van der Waals surface area contributed by atoms with E-state index in [1.807, 2.05) is 48.2 Å². The average Bonchev–Trinajstić information content (AvgIpc) is 3.40. The minimum absolute atomic E-state index is 0.153. The van der Waals surface area contributed by atoms with Gasteiger partial charge in [0.15, 0.2) is 0 Å². The molecule has 0 saturated carbocycles. The Bertz CT molecular complexity index is 1270. The van der Waals surface area contributed by atoms with Gasteiger partial charge in [0, 0.05) is 67.0 Å². The number of aromatic amines is 1. The summed E-state index contributed by atoms with van der Waals surface area (Å²) in [6.07, 6.45) is 6.37. The minimum Gasteiger partial charge on any atom is -0.377 e. The molecule has 1 saturated heterocycles. The molecule has 8 nitrogen and oxygen atoms in total. The Kier molecular flexibility index (Phi) is 8.58. The number of rotatable bonds is 10. The van der Waals surface area contributed by atoms with E-state index >= 15 is 0 Å². The van der Waals surface area contributed by atoms with Crippen molar-refractivity contribution in [2.75, 3.05) is 37.8 Å². The van der Waals surface area contributed by atoms with Gasteiger partial charge in [-0.3, -0.25) is 4.79 Å². The number of amides is 1. The third-order valence-electron chi connectivity index (χ3n) is 6.83. The van der Waals surface area contributed by atoms with Crippen LogP contribution in [-0.2, 0) is 20.6 Å². The Morgan fingerprint density at radius 1 is 1.19 bits per heavy atom. The fourth-order valence-electron chi connectivity index (χ4n) is 4.73. The van der Waals surface area contributed by atoms with E-state index in [4.69, 9.17) is 0 Å². The first-order valence-corrected chi connectivity index (χ1v) is 15.0. The van der Waals surface area contributed by atoms with Gasteiger partial charge in [-0.05, 0) is 30.9 Å². The maximum atomic E-state index is 13.7. The molecule has 3 aromatic rings. The van der Waals surface area contributed by atoms with Crippen LogP contribution in [0.4, 0.5) is 5.69 Å². The summed E-state index contributed by atoms with van der Waals surface area (Å²) in [5, 5.41) is 1.49. The summed E-state index contributed by atoms with van der Waals surface area (Å²) >= 11 is 1.51. The third kappa shape index (κ3) is 6.04.